The Bertz CT molecular complexity index is 611. The maximum Gasteiger partial charge on any atom is 0.416 e. The number of halogens is 3. The van der Waals surface area contributed by atoms with Gasteiger partial charge in [0.25, 0.3) is 0 Å². The van der Waals surface area contributed by atoms with Gasteiger partial charge in [0.05, 0.1) is 11.6 Å². The second-order valence-electron chi connectivity index (χ2n) is 4.85. The zero-order valence-corrected chi connectivity index (χ0v) is 11.5. The molecule has 112 valence electrons. The average Bonchev–Trinajstić information content (AvgIpc) is 2.45. The van der Waals surface area contributed by atoms with E-state index in [1.807, 2.05) is 13.0 Å². The van der Waals surface area contributed by atoms with Crippen molar-refractivity contribution in [2.45, 2.75) is 25.6 Å². The summed E-state index contributed by atoms with van der Waals surface area (Å²) in [6.07, 6.45) is -0.635. The number of nitrogens with one attached hydrogen (secondary N) is 1. The van der Waals surface area contributed by atoms with Crippen molar-refractivity contribution in [2.24, 2.45) is 5.84 Å². The Morgan fingerprint density at radius 1 is 1.29 bits per heavy atom. The maximum atomic E-state index is 12.7. The third-order valence-corrected chi connectivity index (χ3v) is 3.33. The van der Waals surface area contributed by atoms with Crippen LogP contribution in [-0.4, -0.2) is 4.98 Å². The molecule has 1 aromatic carbocycles. The number of hydrogen-bond acceptors (Lipinski definition) is 3. The van der Waals surface area contributed by atoms with E-state index in [1.54, 1.807) is 18.5 Å². The van der Waals surface area contributed by atoms with E-state index in [-0.39, 0.29) is 6.04 Å². The molecule has 0 amide bonds. The minimum absolute atomic E-state index is 0.267. The Morgan fingerprint density at radius 2 is 2.05 bits per heavy atom. The summed E-state index contributed by atoms with van der Waals surface area (Å²) in [5.74, 6) is 5.55. The lowest BCUT2D eigenvalue weighted by atomic mass is 9.96. The number of rotatable bonds is 4. The Morgan fingerprint density at radius 3 is 2.67 bits per heavy atom. The third-order valence-electron chi connectivity index (χ3n) is 3.33. The van der Waals surface area contributed by atoms with Gasteiger partial charge < -0.3 is 0 Å². The fourth-order valence-electron chi connectivity index (χ4n) is 2.24. The van der Waals surface area contributed by atoms with Crippen molar-refractivity contribution in [1.82, 2.24) is 10.4 Å². The minimum Gasteiger partial charge on any atom is -0.271 e. The third kappa shape index (κ3) is 3.80. The zero-order chi connectivity index (χ0) is 15.5. The summed E-state index contributed by atoms with van der Waals surface area (Å²) < 4.78 is 38.2. The first-order valence-electron chi connectivity index (χ1n) is 6.44. The van der Waals surface area contributed by atoms with Crippen LogP contribution in [0.15, 0.2) is 42.7 Å². The van der Waals surface area contributed by atoms with Crippen molar-refractivity contribution in [1.29, 1.82) is 0 Å². The van der Waals surface area contributed by atoms with Crippen molar-refractivity contribution >= 4 is 0 Å². The lowest BCUT2D eigenvalue weighted by Crippen LogP contribution is -2.30. The van der Waals surface area contributed by atoms with Crippen LogP contribution in [0.5, 0.6) is 0 Å². The lowest BCUT2D eigenvalue weighted by Gasteiger charge is -2.19. The number of pyridine rings is 1. The molecule has 0 radical (unpaired) electrons. The van der Waals surface area contributed by atoms with Gasteiger partial charge in [-0.15, -0.1) is 0 Å². The molecule has 1 aromatic heterocycles. The molecule has 0 aliphatic rings. The normalized spacial score (nSPS) is 13.2. The van der Waals surface area contributed by atoms with Crippen LogP contribution in [0, 0.1) is 6.92 Å². The molecule has 0 bridgehead atoms. The van der Waals surface area contributed by atoms with Crippen LogP contribution >= 0.6 is 0 Å². The molecular weight excluding hydrogens is 279 g/mol. The van der Waals surface area contributed by atoms with Crippen LogP contribution in [0.4, 0.5) is 13.2 Å². The van der Waals surface area contributed by atoms with Crippen LogP contribution in [0.2, 0.25) is 0 Å². The fraction of sp³-hybridized carbons (Fsp3) is 0.267. The Labute approximate surface area is 121 Å². The van der Waals surface area contributed by atoms with Gasteiger partial charge in [-0.05, 0) is 42.2 Å². The number of benzene rings is 1. The lowest BCUT2D eigenvalue weighted by molar-refractivity contribution is -0.137. The molecular formula is C15H16F3N3. The van der Waals surface area contributed by atoms with E-state index >= 15 is 0 Å². The molecule has 0 aliphatic carbocycles. The van der Waals surface area contributed by atoms with Gasteiger partial charge in [-0.2, -0.15) is 13.2 Å². The number of aromatic nitrogens is 1. The van der Waals surface area contributed by atoms with Crippen LogP contribution in [0.1, 0.15) is 28.3 Å². The van der Waals surface area contributed by atoms with Crippen molar-refractivity contribution in [3.63, 3.8) is 0 Å². The van der Waals surface area contributed by atoms with Crippen molar-refractivity contribution in [3.8, 4) is 0 Å². The first-order valence-corrected chi connectivity index (χ1v) is 6.44. The molecule has 0 saturated carbocycles. The van der Waals surface area contributed by atoms with Gasteiger partial charge >= 0.3 is 6.18 Å². The molecule has 0 aliphatic heterocycles. The van der Waals surface area contributed by atoms with E-state index in [1.165, 1.54) is 6.07 Å². The predicted molar refractivity (Wildman–Crippen MR) is 74.2 cm³/mol. The summed E-state index contributed by atoms with van der Waals surface area (Å²) in [6.45, 7) is 1.89. The molecule has 1 heterocycles. The number of nitrogens with two attached hydrogens (primary N) is 1. The minimum atomic E-state index is -4.34. The maximum absolute atomic E-state index is 12.7. The van der Waals surface area contributed by atoms with Crippen LogP contribution in [-0.2, 0) is 12.6 Å². The van der Waals surface area contributed by atoms with Gasteiger partial charge in [-0.25, -0.2) is 0 Å². The number of aryl methyl sites for hydroxylation is 1. The van der Waals surface area contributed by atoms with E-state index in [0.29, 0.717) is 12.0 Å². The second kappa shape index (κ2) is 6.24. The van der Waals surface area contributed by atoms with Gasteiger partial charge in [0.2, 0.25) is 0 Å². The quantitative estimate of drug-likeness (QED) is 0.673. The molecule has 3 nitrogen and oxygen atoms in total. The van der Waals surface area contributed by atoms with Gasteiger partial charge in [0, 0.05) is 12.4 Å². The molecule has 2 aromatic rings. The summed E-state index contributed by atoms with van der Waals surface area (Å²) in [5, 5.41) is 0. The highest BCUT2D eigenvalue weighted by Crippen LogP contribution is 2.30. The molecule has 3 N–H and O–H groups in total. The topological polar surface area (TPSA) is 50.9 Å². The molecule has 2 rings (SSSR count). The summed E-state index contributed by atoms with van der Waals surface area (Å²) in [7, 11) is 0. The van der Waals surface area contributed by atoms with Crippen molar-refractivity contribution < 1.29 is 13.2 Å². The highest BCUT2D eigenvalue weighted by molar-refractivity contribution is 5.30. The van der Waals surface area contributed by atoms with Gasteiger partial charge in [-0.3, -0.25) is 16.3 Å². The standard InChI is InChI=1S/C15H16F3N3/c1-10-9-20-6-5-13(10)14(21-19)8-11-3-2-4-12(7-11)15(16,17)18/h2-7,9,14,21H,8,19H2,1H3. The molecule has 0 spiro atoms. The molecule has 6 heteroatoms. The van der Waals surface area contributed by atoms with E-state index in [2.05, 4.69) is 10.4 Å². The van der Waals surface area contributed by atoms with Crippen LogP contribution in [0.3, 0.4) is 0 Å². The average molecular weight is 295 g/mol. The predicted octanol–water partition coefficient (Wildman–Crippen LogP) is 3.16. The zero-order valence-electron chi connectivity index (χ0n) is 11.5. The summed E-state index contributed by atoms with van der Waals surface area (Å²) in [4.78, 5) is 4.00. The largest absolute Gasteiger partial charge is 0.416 e. The molecule has 0 saturated heterocycles. The molecule has 1 atom stereocenters. The monoisotopic (exact) mass is 295 g/mol. The number of hydrogen-bond donors (Lipinski definition) is 2. The van der Waals surface area contributed by atoms with Gasteiger partial charge in [-0.1, -0.05) is 18.2 Å². The Kier molecular flexibility index (Phi) is 4.59. The van der Waals surface area contributed by atoms with Crippen LogP contribution < -0.4 is 11.3 Å². The van der Waals surface area contributed by atoms with E-state index in [4.69, 9.17) is 5.84 Å². The number of hydrazine groups is 1. The van der Waals surface area contributed by atoms with Gasteiger partial charge in [0.1, 0.15) is 0 Å². The fourth-order valence-corrected chi connectivity index (χ4v) is 2.24. The first-order chi connectivity index (χ1) is 9.91. The Balaban J connectivity index is 2.26. The summed E-state index contributed by atoms with van der Waals surface area (Å²) in [5.41, 5.74) is 4.44. The second-order valence-corrected chi connectivity index (χ2v) is 4.85. The van der Waals surface area contributed by atoms with E-state index in [0.717, 1.165) is 23.3 Å². The van der Waals surface area contributed by atoms with E-state index < -0.39 is 11.7 Å². The molecule has 1 unspecified atom stereocenters. The molecule has 21 heavy (non-hydrogen) atoms. The van der Waals surface area contributed by atoms with E-state index in [9.17, 15) is 13.2 Å². The van der Waals surface area contributed by atoms with Crippen molar-refractivity contribution in [2.75, 3.05) is 0 Å². The van der Waals surface area contributed by atoms with Crippen LogP contribution in [0.25, 0.3) is 0 Å². The number of alkyl halides is 3. The first kappa shape index (κ1) is 15.5. The van der Waals surface area contributed by atoms with Gasteiger partial charge in [0.15, 0.2) is 0 Å². The SMILES string of the molecule is Cc1cnccc1C(Cc1cccc(C(F)(F)F)c1)NN. The summed E-state index contributed by atoms with van der Waals surface area (Å²) >= 11 is 0. The van der Waals surface area contributed by atoms with Crippen molar-refractivity contribution in [3.05, 3.63) is 65.0 Å². The molecule has 0 fully saturated rings. The smallest absolute Gasteiger partial charge is 0.271 e. The summed E-state index contributed by atoms with van der Waals surface area (Å²) in [6, 6.07) is 6.83. The number of nitrogens with zero attached hydrogens (tertiary/aromatic N) is 1. The Hall–Kier alpha value is -1.92. The highest BCUT2D eigenvalue weighted by Gasteiger charge is 2.30. The highest BCUT2D eigenvalue weighted by atomic mass is 19.4.